The maximum absolute atomic E-state index is 12.9. The van der Waals surface area contributed by atoms with Gasteiger partial charge in [-0.05, 0) is 42.7 Å². The second kappa shape index (κ2) is 12.2. The van der Waals surface area contributed by atoms with Crippen molar-refractivity contribution in [2.75, 3.05) is 64.1 Å². The van der Waals surface area contributed by atoms with E-state index in [1.165, 1.54) is 0 Å². The van der Waals surface area contributed by atoms with Gasteiger partial charge in [0.05, 0.1) is 44.7 Å². The van der Waals surface area contributed by atoms with Gasteiger partial charge in [0.1, 0.15) is 5.76 Å². The summed E-state index contributed by atoms with van der Waals surface area (Å²) in [7, 11) is 0. The van der Waals surface area contributed by atoms with E-state index in [0.717, 1.165) is 50.2 Å². The molecule has 2 saturated heterocycles. The van der Waals surface area contributed by atoms with Crippen LogP contribution in [0, 0.1) is 22.7 Å². The number of hydrogen-bond acceptors (Lipinski definition) is 10. The first kappa shape index (κ1) is 30.1. The van der Waals surface area contributed by atoms with Crippen LogP contribution < -0.4 is 4.90 Å². The quantitative estimate of drug-likeness (QED) is 0.377. The van der Waals surface area contributed by atoms with Crippen LogP contribution in [0.2, 0.25) is 0 Å². The fourth-order valence-electron chi connectivity index (χ4n) is 7.98. The Hall–Kier alpha value is -2.89. The molecule has 1 aromatic heterocycles. The van der Waals surface area contributed by atoms with Crippen LogP contribution in [-0.2, 0) is 19.0 Å². The van der Waals surface area contributed by atoms with Crippen LogP contribution in [0.15, 0.2) is 54.1 Å². The standard InChI is InChI=1S/C33H44N4O6/c1-22-26(32(2)7-6-29(39)33(3,21-38)28(32)18-27(22)36-8-12-41-13-9-36)5-4-24-17-25(43-30(24)40)16-23-19-34-31(35-20-23)37-10-14-42-15-11-37/h4-5,16-17,19-20,26-29,38-39H,1,6-15,18,21H2,2-3H3/t26?,27?,28?,29-,32-,33+/m1/s1. The molecule has 0 bridgehead atoms. The zero-order chi connectivity index (χ0) is 30.2. The minimum atomic E-state index is -0.620. The van der Waals surface area contributed by atoms with Gasteiger partial charge in [-0.3, -0.25) is 4.90 Å². The third kappa shape index (κ3) is 5.71. The number of rotatable bonds is 6. The topological polar surface area (TPSA) is 117 Å². The predicted molar refractivity (Wildman–Crippen MR) is 162 cm³/mol. The molecule has 0 amide bonds. The number of allylic oxidation sites excluding steroid dienone is 2. The van der Waals surface area contributed by atoms with E-state index in [1.807, 2.05) is 13.0 Å². The van der Waals surface area contributed by atoms with E-state index in [9.17, 15) is 15.0 Å². The Morgan fingerprint density at radius 2 is 1.77 bits per heavy atom. The van der Waals surface area contributed by atoms with E-state index in [4.69, 9.17) is 14.2 Å². The van der Waals surface area contributed by atoms with Gasteiger partial charge in [-0.25, -0.2) is 14.8 Å². The summed E-state index contributed by atoms with van der Waals surface area (Å²) in [6.07, 6.45) is 12.6. The van der Waals surface area contributed by atoms with Gasteiger partial charge in [0.2, 0.25) is 5.95 Å². The lowest BCUT2D eigenvalue weighted by molar-refractivity contribution is -0.156. The number of carbonyl (C=O) groups excluding carboxylic acids is 1. The summed E-state index contributed by atoms with van der Waals surface area (Å²) in [6, 6.07) is 0.105. The van der Waals surface area contributed by atoms with Crippen molar-refractivity contribution in [1.82, 2.24) is 14.9 Å². The number of nitrogens with zero attached hydrogens (tertiary/aromatic N) is 4. The number of esters is 1. The number of fused-ring (bicyclic) bond motifs is 1. The first-order valence-corrected chi connectivity index (χ1v) is 15.5. The third-order valence-electron chi connectivity index (χ3n) is 10.6. The van der Waals surface area contributed by atoms with Crippen LogP contribution in [-0.4, -0.2) is 102 Å². The Balaban J connectivity index is 1.25. The molecule has 2 aliphatic carbocycles. The number of carbonyl (C=O) groups is 1. The molecule has 3 unspecified atom stereocenters. The average Bonchev–Trinajstić information content (AvgIpc) is 3.38. The van der Waals surface area contributed by atoms with E-state index in [2.05, 4.69) is 39.3 Å². The summed E-state index contributed by atoms with van der Waals surface area (Å²) in [6.45, 7) is 14.7. The normalized spacial score (nSPS) is 36.6. The summed E-state index contributed by atoms with van der Waals surface area (Å²) in [5.41, 5.74) is 1.49. The van der Waals surface area contributed by atoms with Crippen molar-refractivity contribution in [1.29, 1.82) is 0 Å². The molecule has 10 nitrogen and oxygen atoms in total. The van der Waals surface area contributed by atoms with E-state index in [0.29, 0.717) is 50.1 Å². The van der Waals surface area contributed by atoms with Gasteiger partial charge in [0.15, 0.2) is 0 Å². The fourth-order valence-corrected chi connectivity index (χ4v) is 7.98. The van der Waals surface area contributed by atoms with Gasteiger partial charge in [0.25, 0.3) is 0 Å². The minimum Gasteiger partial charge on any atom is -0.423 e. The SMILES string of the molecule is C=C1C(N2CCOCC2)CC2[C@](C)(CC[C@@H](O)[C@@]2(C)CO)C1C=CC1=CC(=Cc2cnc(N3CCOCC3)nc2)OC1=O. The van der Waals surface area contributed by atoms with Crippen molar-refractivity contribution in [2.24, 2.45) is 22.7 Å². The van der Waals surface area contributed by atoms with Crippen LogP contribution in [0.3, 0.4) is 0 Å². The van der Waals surface area contributed by atoms with Crippen molar-refractivity contribution in [3.63, 3.8) is 0 Å². The van der Waals surface area contributed by atoms with E-state index < -0.39 is 17.5 Å². The number of cyclic esters (lactones) is 1. The molecule has 6 atom stereocenters. The molecule has 3 aliphatic heterocycles. The van der Waals surface area contributed by atoms with Crippen molar-refractivity contribution < 1.29 is 29.2 Å². The van der Waals surface area contributed by atoms with Crippen LogP contribution in [0.4, 0.5) is 5.95 Å². The zero-order valence-corrected chi connectivity index (χ0v) is 25.3. The summed E-state index contributed by atoms with van der Waals surface area (Å²) < 4.78 is 16.6. The average molecular weight is 593 g/mol. The van der Waals surface area contributed by atoms with E-state index in [-0.39, 0.29) is 29.9 Å². The molecule has 0 spiro atoms. The lowest BCUT2D eigenvalue weighted by Gasteiger charge is -2.62. The molecule has 5 aliphatic rings. The monoisotopic (exact) mass is 592 g/mol. The fraction of sp³-hybridized carbons (Fsp3) is 0.606. The van der Waals surface area contributed by atoms with Gasteiger partial charge >= 0.3 is 5.97 Å². The van der Waals surface area contributed by atoms with Gasteiger partial charge in [-0.2, -0.15) is 0 Å². The van der Waals surface area contributed by atoms with Gasteiger partial charge in [0, 0.05) is 61.5 Å². The second-order valence-electron chi connectivity index (χ2n) is 13.0. The highest BCUT2D eigenvalue weighted by Crippen LogP contribution is 2.61. The van der Waals surface area contributed by atoms with Crippen molar-refractivity contribution in [2.45, 2.75) is 45.3 Å². The molecule has 43 heavy (non-hydrogen) atoms. The summed E-state index contributed by atoms with van der Waals surface area (Å²) in [4.78, 5) is 26.4. The molecule has 0 radical (unpaired) electrons. The van der Waals surface area contributed by atoms with Crippen LogP contribution >= 0.6 is 0 Å². The lowest BCUT2D eigenvalue weighted by atomic mass is 9.45. The van der Waals surface area contributed by atoms with Crippen molar-refractivity contribution in [3.8, 4) is 0 Å². The number of ether oxygens (including phenoxy) is 3. The van der Waals surface area contributed by atoms with Crippen molar-refractivity contribution in [3.05, 3.63) is 59.7 Å². The zero-order valence-electron chi connectivity index (χ0n) is 25.3. The third-order valence-corrected chi connectivity index (χ3v) is 10.6. The Bertz CT molecular complexity index is 1300. The highest BCUT2D eigenvalue weighted by molar-refractivity contribution is 5.96. The highest BCUT2D eigenvalue weighted by atomic mass is 16.5. The summed E-state index contributed by atoms with van der Waals surface area (Å²) in [5, 5.41) is 21.6. The van der Waals surface area contributed by atoms with Crippen LogP contribution in [0.1, 0.15) is 38.7 Å². The van der Waals surface area contributed by atoms with Gasteiger partial charge < -0.3 is 29.3 Å². The molecule has 10 heteroatoms. The largest absolute Gasteiger partial charge is 0.423 e. The molecule has 2 N–H and O–H groups in total. The molecule has 1 aromatic rings. The Labute approximate surface area is 253 Å². The maximum atomic E-state index is 12.9. The Morgan fingerprint density at radius 1 is 1.09 bits per heavy atom. The molecule has 6 rings (SSSR count). The Kier molecular flexibility index (Phi) is 8.59. The smallest absolute Gasteiger partial charge is 0.343 e. The summed E-state index contributed by atoms with van der Waals surface area (Å²) in [5.74, 6) is 0.733. The van der Waals surface area contributed by atoms with E-state index >= 15 is 0 Å². The number of aliphatic hydroxyl groups excluding tert-OH is 2. The molecule has 4 heterocycles. The molecule has 232 valence electrons. The highest BCUT2D eigenvalue weighted by Gasteiger charge is 2.59. The van der Waals surface area contributed by atoms with Crippen LogP contribution in [0.25, 0.3) is 6.08 Å². The molecular formula is C33H44N4O6. The first-order valence-electron chi connectivity index (χ1n) is 15.5. The molecule has 0 aromatic carbocycles. The number of anilines is 1. The van der Waals surface area contributed by atoms with Gasteiger partial charge in [-0.1, -0.05) is 38.2 Å². The Morgan fingerprint density at radius 3 is 2.44 bits per heavy atom. The van der Waals surface area contributed by atoms with Crippen LogP contribution in [0.5, 0.6) is 0 Å². The van der Waals surface area contributed by atoms with Crippen molar-refractivity contribution >= 4 is 18.0 Å². The number of aliphatic hydroxyl groups is 2. The minimum absolute atomic E-state index is 0.0414. The lowest BCUT2D eigenvalue weighted by Crippen LogP contribution is -2.61. The predicted octanol–water partition coefficient (Wildman–Crippen LogP) is 2.75. The molecule has 2 saturated carbocycles. The number of hydrogen-bond donors (Lipinski definition) is 2. The number of morpholine rings is 2. The maximum Gasteiger partial charge on any atom is 0.343 e. The van der Waals surface area contributed by atoms with E-state index in [1.54, 1.807) is 24.5 Å². The first-order chi connectivity index (χ1) is 20.7. The van der Waals surface area contributed by atoms with Gasteiger partial charge in [-0.15, -0.1) is 0 Å². The molecular weight excluding hydrogens is 548 g/mol. The number of aromatic nitrogens is 2. The second-order valence-corrected chi connectivity index (χ2v) is 13.0. The summed E-state index contributed by atoms with van der Waals surface area (Å²) >= 11 is 0. The molecule has 4 fully saturated rings.